The lowest BCUT2D eigenvalue weighted by atomic mass is 10.3. The van der Waals surface area contributed by atoms with E-state index in [1.165, 1.54) is 0 Å². The highest BCUT2D eigenvalue weighted by Crippen LogP contribution is 1.91. The van der Waals surface area contributed by atoms with Gasteiger partial charge in [0.25, 0.3) is 0 Å². The summed E-state index contributed by atoms with van der Waals surface area (Å²) in [6.07, 6.45) is 2.67. The van der Waals surface area contributed by atoms with Gasteiger partial charge in [0.15, 0.2) is 0 Å². The van der Waals surface area contributed by atoms with Crippen LogP contribution in [0, 0.1) is 0 Å². The predicted octanol–water partition coefficient (Wildman–Crippen LogP) is 0.0874. The van der Waals surface area contributed by atoms with Crippen LogP contribution in [0.25, 0.3) is 0 Å². The summed E-state index contributed by atoms with van der Waals surface area (Å²) >= 11 is 0. The average molecular weight is 137 g/mol. The maximum absolute atomic E-state index is 5.10. The van der Waals surface area contributed by atoms with Crippen LogP contribution >= 0.6 is 0 Å². The summed E-state index contributed by atoms with van der Waals surface area (Å²) in [7, 11) is 0. The van der Waals surface area contributed by atoms with Crippen LogP contribution in [-0.4, -0.2) is 11.5 Å². The Labute approximate surface area is 60.2 Å². The van der Waals surface area contributed by atoms with Crippen LogP contribution in [-0.2, 0) is 6.42 Å². The first-order valence-corrected chi connectivity index (χ1v) is 3.27. The van der Waals surface area contributed by atoms with Crippen molar-refractivity contribution in [1.29, 1.82) is 0 Å². The second kappa shape index (κ2) is 3.98. The van der Waals surface area contributed by atoms with Gasteiger partial charge in [0.05, 0.1) is 0 Å². The zero-order chi connectivity index (χ0) is 7.23. The minimum Gasteiger partial charge on any atom is -0.271 e. The highest BCUT2D eigenvalue weighted by molar-refractivity contribution is 5.03. The summed E-state index contributed by atoms with van der Waals surface area (Å²) in [5.41, 5.74) is 3.65. The largest absolute Gasteiger partial charge is 0.271 e. The molecule has 1 heterocycles. The van der Waals surface area contributed by atoms with E-state index >= 15 is 0 Å². The van der Waals surface area contributed by atoms with Crippen molar-refractivity contribution in [2.45, 2.75) is 6.42 Å². The molecule has 0 bridgehead atoms. The fourth-order valence-corrected chi connectivity index (χ4v) is 0.746. The summed E-state index contributed by atoms with van der Waals surface area (Å²) in [6, 6.07) is 5.86. The van der Waals surface area contributed by atoms with E-state index in [1.54, 1.807) is 6.20 Å². The first-order chi connectivity index (χ1) is 4.93. The zero-order valence-electron chi connectivity index (χ0n) is 5.75. The smallest absolute Gasteiger partial charge is 0.0416 e. The molecule has 1 aromatic heterocycles. The van der Waals surface area contributed by atoms with Crippen molar-refractivity contribution >= 4 is 0 Å². The Morgan fingerprint density at radius 3 is 3.00 bits per heavy atom. The average Bonchev–Trinajstić information content (AvgIpc) is 2.03. The maximum atomic E-state index is 5.10. The van der Waals surface area contributed by atoms with Crippen LogP contribution in [0.1, 0.15) is 5.69 Å². The van der Waals surface area contributed by atoms with Gasteiger partial charge in [0, 0.05) is 24.9 Å². The molecule has 0 atom stereocenters. The molecule has 0 unspecified atom stereocenters. The fraction of sp³-hybridized carbons (Fsp3) is 0.286. The van der Waals surface area contributed by atoms with E-state index in [1.807, 2.05) is 18.2 Å². The van der Waals surface area contributed by atoms with Crippen molar-refractivity contribution < 1.29 is 0 Å². The van der Waals surface area contributed by atoms with Gasteiger partial charge >= 0.3 is 0 Å². The van der Waals surface area contributed by atoms with Gasteiger partial charge in [0.1, 0.15) is 0 Å². The third-order valence-electron chi connectivity index (χ3n) is 1.25. The Hall–Kier alpha value is -0.930. The predicted molar refractivity (Wildman–Crippen MR) is 40.1 cm³/mol. The number of pyridine rings is 1. The molecule has 0 aliphatic heterocycles. The highest BCUT2D eigenvalue weighted by atomic mass is 15.2. The monoisotopic (exact) mass is 137 g/mol. The van der Waals surface area contributed by atoms with Gasteiger partial charge < -0.3 is 0 Å². The second-order valence-electron chi connectivity index (χ2n) is 2.03. The van der Waals surface area contributed by atoms with E-state index in [0.717, 1.165) is 18.7 Å². The molecule has 3 heteroatoms. The van der Waals surface area contributed by atoms with Crippen molar-refractivity contribution in [1.82, 2.24) is 10.4 Å². The standard InChI is InChI=1S/C7H11N3/c8-10-6-4-7-3-1-2-5-9-7/h1-3,5,10H,4,6,8H2. The van der Waals surface area contributed by atoms with E-state index in [4.69, 9.17) is 5.84 Å². The van der Waals surface area contributed by atoms with Gasteiger partial charge in [-0.1, -0.05) is 6.07 Å². The van der Waals surface area contributed by atoms with E-state index in [9.17, 15) is 0 Å². The molecule has 0 fully saturated rings. The molecule has 10 heavy (non-hydrogen) atoms. The Morgan fingerprint density at radius 2 is 2.40 bits per heavy atom. The molecular weight excluding hydrogens is 126 g/mol. The molecule has 3 nitrogen and oxygen atoms in total. The van der Waals surface area contributed by atoms with Crippen LogP contribution in [0.15, 0.2) is 24.4 Å². The van der Waals surface area contributed by atoms with Crippen LogP contribution in [0.3, 0.4) is 0 Å². The third kappa shape index (κ3) is 2.13. The zero-order valence-corrected chi connectivity index (χ0v) is 5.75. The molecule has 54 valence electrons. The first-order valence-electron chi connectivity index (χ1n) is 3.27. The molecule has 0 aliphatic rings. The number of rotatable bonds is 3. The number of aromatic nitrogens is 1. The molecular formula is C7H11N3. The lowest BCUT2D eigenvalue weighted by Crippen LogP contribution is -2.24. The van der Waals surface area contributed by atoms with Gasteiger partial charge in [-0.05, 0) is 12.1 Å². The van der Waals surface area contributed by atoms with Gasteiger partial charge in [-0.25, -0.2) is 0 Å². The van der Waals surface area contributed by atoms with Crippen molar-refractivity contribution in [3.63, 3.8) is 0 Å². The number of nitrogens with one attached hydrogen (secondary N) is 1. The van der Waals surface area contributed by atoms with Crippen molar-refractivity contribution in [2.24, 2.45) is 5.84 Å². The number of hydrazine groups is 1. The van der Waals surface area contributed by atoms with Gasteiger partial charge in [0.2, 0.25) is 0 Å². The quantitative estimate of drug-likeness (QED) is 0.458. The summed E-state index contributed by atoms with van der Waals surface area (Å²) < 4.78 is 0. The topological polar surface area (TPSA) is 50.9 Å². The van der Waals surface area contributed by atoms with E-state index in [-0.39, 0.29) is 0 Å². The second-order valence-corrected chi connectivity index (χ2v) is 2.03. The molecule has 0 spiro atoms. The highest BCUT2D eigenvalue weighted by Gasteiger charge is 1.88. The van der Waals surface area contributed by atoms with Crippen LogP contribution in [0.4, 0.5) is 0 Å². The molecule has 1 aromatic rings. The summed E-state index contributed by atoms with van der Waals surface area (Å²) in [4.78, 5) is 4.12. The van der Waals surface area contributed by atoms with Gasteiger partial charge in [-0.2, -0.15) is 0 Å². The summed E-state index contributed by atoms with van der Waals surface area (Å²) in [5, 5.41) is 0. The maximum Gasteiger partial charge on any atom is 0.0416 e. The Balaban J connectivity index is 2.43. The van der Waals surface area contributed by atoms with Crippen LogP contribution < -0.4 is 11.3 Å². The molecule has 0 aromatic carbocycles. The molecule has 0 aliphatic carbocycles. The Kier molecular flexibility index (Phi) is 2.86. The van der Waals surface area contributed by atoms with Gasteiger partial charge in [-0.15, -0.1) is 0 Å². The van der Waals surface area contributed by atoms with E-state index < -0.39 is 0 Å². The minimum absolute atomic E-state index is 0.775. The number of hydrogen-bond donors (Lipinski definition) is 2. The lowest BCUT2D eigenvalue weighted by Gasteiger charge is -1.96. The van der Waals surface area contributed by atoms with E-state index in [2.05, 4.69) is 10.4 Å². The molecule has 3 N–H and O–H groups in total. The van der Waals surface area contributed by atoms with Crippen LogP contribution in [0.5, 0.6) is 0 Å². The van der Waals surface area contributed by atoms with Crippen LogP contribution in [0.2, 0.25) is 0 Å². The Morgan fingerprint density at radius 1 is 1.50 bits per heavy atom. The van der Waals surface area contributed by atoms with Gasteiger partial charge in [-0.3, -0.25) is 16.3 Å². The fourth-order valence-electron chi connectivity index (χ4n) is 0.746. The molecule has 0 saturated carbocycles. The van der Waals surface area contributed by atoms with Crippen molar-refractivity contribution in [2.75, 3.05) is 6.54 Å². The molecule has 0 saturated heterocycles. The number of hydrogen-bond acceptors (Lipinski definition) is 3. The minimum atomic E-state index is 0.775. The third-order valence-corrected chi connectivity index (χ3v) is 1.25. The summed E-state index contributed by atoms with van der Waals surface area (Å²) in [5.74, 6) is 5.10. The number of nitrogens with two attached hydrogens (primary N) is 1. The molecule has 0 amide bonds. The number of nitrogens with zero attached hydrogens (tertiary/aromatic N) is 1. The molecule has 1 rings (SSSR count). The van der Waals surface area contributed by atoms with Crippen molar-refractivity contribution in [3.8, 4) is 0 Å². The lowest BCUT2D eigenvalue weighted by molar-refractivity contribution is 0.718. The molecule has 0 radical (unpaired) electrons. The summed E-state index contributed by atoms with van der Waals surface area (Å²) in [6.45, 7) is 0.775. The first kappa shape index (κ1) is 7.18. The van der Waals surface area contributed by atoms with E-state index in [0.29, 0.717) is 0 Å². The van der Waals surface area contributed by atoms with Crippen molar-refractivity contribution in [3.05, 3.63) is 30.1 Å². The Bertz CT molecular complexity index is 173. The SMILES string of the molecule is NNCCc1ccccn1. The normalized spacial score (nSPS) is 9.70.